The largest absolute Gasteiger partial charge is 0.467 e. The fourth-order valence-electron chi connectivity index (χ4n) is 1.86. The minimum absolute atomic E-state index is 0.0988. The Labute approximate surface area is 137 Å². The van der Waals surface area contributed by atoms with Crippen LogP contribution in [0.5, 0.6) is 0 Å². The summed E-state index contributed by atoms with van der Waals surface area (Å²) in [5.41, 5.74) is 6.16. The summed E-state index contributed by atoms with van der Waals surface area (Å²) in [6.45, 7) is 1.81. The molecular formula is C15H14N5O2S+. The maximum Gasteiger partial charge on any atom is 0.289 e. The molecule has 0 bridgehead atoms. The molecule has 0 spiro atoms. The Bertz CT molecular complexity index is 789. The highest BCUT2D eigenvalue weighted by Gasteiger charge is 2.17. The molecule has 0 saturated heterocycles. The Balaban J connectivity index is 2.01. The molecule has 0 aliphatic carbocycles. The van der Waals surface area contributed by atoms with Crippen LogP contribution in [0.25, 0.3) is 0 Å². The number of hydrogen-bond donors (Lipinski definition) is 2. The van der Waals surface area contributed by atoms with Crippen molar-refractivity contribution in [1.82, 2.24) is 5.32 Å². The van der Waals surface area contributed by atoms with Crippen LogP contribution in [0.15, 0.2) is 33.9 Å². The van der Waals surface area contributed by atoms with Crippen molar-refractivity contribution < 1.29 is 14.2 Å². The number of carbonyl (C=O) groups is 1. The monoisotopic (exact) mass is 328 g/mol. The first-order valence-corrected chi connectivity index (χ1v) is 7.65. The summed E-state index contributed by atoms with van der Waals surface area (Å²) in [5.74, 6) is 0.717. The van der Waals surface area contributed by atoms with E-state index in [2.05, 4.69) is 10.3 Å². The SMILES string of the molecule is C[C@H](NC(=O)CSc1[nH+]c(N)c(C#N)cc1C#N)c1ccco1. The molecule has 2 heterocycles. The van der Waals surface area contributed by atoms with E-state index in [4.69, 9.17) is 20.7 Å². The van der Waals surface area contributed by atoms with Gasteiger partial charge in [0.05, 0.1) is 18.1 Å². The van der Waals surface area contributed by atoms with E-state index in [1.54, 1.807) is 18.4 Å². The Morgan fingerprint density at radius 1 is 1.48 bits per heavy atom. The molecule has 1 amide bonds. The van der Waals surface area contributed by atoms with E-state index in [0.717, 1.165) is 11.8 Å². The molecule has 2 rings (SSSR count). The summed E-state index contributed by atoms with van der Waals surface area (Å²) >= 11 is 1.14. The number of nitriles is 2. The highest BCUT2D eigenvalue weighted by atomic mass is 32.2. The van der Waals surface area contributed by atoms with Gasteiger partial charge in [-0.25, -0.2) is 4.98 Å². The second-order valence-electron chi connectivity index (χ2n) is 4.66. The lowest BCUT2D eigenvalue weighted by molar-refractivity contribution is -0.410. The number of thioether (sulfide) groups is 1. The van der Waals surface area contributed by atoms with Gasteiger partial charge in [0.1, 0.15) is 29.0 Å². The van der Waals surface area contributed by atoms with Gasteiger partial charge in [0.15, 0.2) is 5.03 Å². The standard InChI is InChI=1S/C15H13N5O2S/c1-9(12-3-2-4-22-12)19-13(21)8-23-15-11(7-17)5-10(6-16)14(18)20-15/h2-5,9H,8H2,1H3,(H2,18,20)(H,19,21)/p+1/t9-/m0/s1. The van der Waals surface area contributed by atoms with E-state index in [1.807, 2.05) is 19.1 Å². The second-order valence-corrected chi connectivity index (χ2v) is 5.64. The molecule has 23 heavy (non-hydrogen) atoms. The van der Waals surface area contributed by atoms with Crippen molar-refractivity contribution >= 4 is 23.5 Å². The van der Waals surface area contributed by atoms with Gasteiger partial charge in [-0.1, -0.05) is 11.8 Å². The van der Waals surface area contributed by atoms with Crippen molar-refractivity contribution in [1.29, 1.82) is 10.5 Å². The van der Waals surface area contributed by atoms with E-state index in [9.17, 15) is 4.79 Å². The maximum absolute atomic E-state index is 12.0. The predicted molar refractivity (Wildman–Crippen MR) is 82.8 cm³/mol. The fraction of sp³-hybridized carbons (Fsp3) is 0.200. The molecule has 8 heteroatoms. The summed E-state index contributed by atoms with van der Waals surface area (Å²) in [4.78, 5) is 14.8. The normalized spacial score (nSPS) is 11.3. The van der Waals surface area contributed by atoms with Gasteiger partial charge in [0.25, 0.3) is 5.82 Å². The fourth-order valence-corrected chi connectivity index (χ4v) is 2.66. The molecule has 7 nitrogen and oxygen atoms in total. The van der Waals surface area contributed by atoms with Crippen LogP contribution in [0.3, 0.4) is 0 Å². The van der Waals surface area contributed by atoms with E-state index in [0.29, 0.717) is 10.8 Å². The molecule has 0 aliphatic heterocycles. The van der Waals surface area contributed by atoms with Crippen molar-refractivity contribution in [3.8, 4) is 12.1 Å². The third kappa shape index (κ3) is 4.02. The number of amides is 1. The first-order valence-electron chi connectivity index (χ1n) is 6.66. The summed E-state index contributed by atoms with van der Waals surface area (Å²) in [5, 5.41) is 21.3. The Morgan fingerprint density at radius 3 is 2.83 bits per heavy atom. The van der Waals surface area contributed by atoms with Crippen LogP contribution in [-0.4, -0.2) is 11.7 Å². The zero-order valence-electron chi connectivity index (χ0n) is 12.3. The topological polar surface area (TPSA) is 130 Å². The van der Waals surface area contributed by atoms with Gasteiger partial charge < -0.3 is 9.73 Å². The minimum Gasteiger partial charge on any atom is -0.467 e. The number of anilines is 1. The number of nitrogens with one attached hydrogen (secondary N) is 2. The van der Waals surface area contributed by atoms with Crippen LogP contribution in [0, 0.1) is 22.7 Å². The van der Waals surface area contributed by atoms with Gasteiger partial charge in [0, 0.05) is 0 Å². The van der Waals surface area contributed by atoms with Crippen LogP contribution < -0.4 is 16.0 Å². The quantitative estimate of drug-likeness (QED) is 0.798. The number of aromatic nitrogens is 1. The smallest absolute Gasteiger partial charge is 0.289 e. The van der Waals surface area contributed by atoms with Gasteiger partial charge in [-0.3, -0.25) is 10.5 Å². The number of nitrogens with two attached hydrogens (primary N) is 1. The number of rotatable bonds is 5. The van der Waals surface area contributed by atoms with Gasteiger partial charge in [-0.05, 0) is 25.1 Å². The van der Waals surface area contributed by atoms with E-state index >= 15 is 0 Å². The molecular weight excluding hydrogens is 314 g/mol. The van der Waals surface area contributed by atoms with Crippen molar-refractivity contribution in [2.24, 2.45) is 0 Å². The first kappa shape index (κ1) is 16.4. The van der Waals surface area contributed by atoms with Crippen molar-refractivity contribution in [3.05, 3.63) is 41.3 Å². The first-order chi connectivity index (χ1) is 11.0. The Hall–Kier alpha value is -2.97. The van der Waals surface area contributed by atoms with Crippen LogP contribution in [0.1, 0.15) is 29.9 Å². The highest BCUT2D eigenvalue weighted by Crippen LogP contribution is 2.20. The summed E-state index contributed by atoms with van der Waals surface area (Å²) < 4.78 is 5.22. The summed E-state index contributed by atoms with van der Waals surface area (Å²) in [7, 11) is 0. The number of aromatic amines is 1. The van der Waals surface area contributed by atoms with E-state index < -0.39 is 0 Å². The molecule has 0 aliphatic rings. The molecule has 4 N–H and O–H groups in total. The molecule has 0 aromatic carbocycles. The number of H-pyrrole nitrogens is 1. The average Bonchev–Trinajstić information content (AvgIpc) is 3.07. The molecule has 0 fully saturated rings. The number of nitrogens with zero attached hydrogens (tertiary/aromatic N) is 2. The second kappa shape index (κ2) is 7.34. The third-order valence-electron chi connectivity index (χ3n) is 3.01. The minimum atomic E-state index is -0.247. The lowest BCUT2D eigenvalue weighted by Crippen LogP contribution is -2.28. The number of furan rings is 1. The Morgan fingerprint density at radius 2 is 2.22 bits per heavy atom. The number of hydrogen-bond acceptors (Lipinski definition) is 6. The number of nitrogen functional groups attached to an aromatic ring is 1. The number of pyridine rings is 1. The third-order valence-corrected chi connectivity index (χ3v) is 4.02. The van der Waals surface area contributed by atoms with Gasteiger partial charge in [0.2, 0.25) is 5.91 Å². The van der Waals surface area contributed by atoms with Gasteiger partial charge in [-0.2, -0.15) is 10.5 Å². The zero-order chi connectivity index (χ0) is 16.8. The predicted octanol–water partition coefficient (Wildman–Crippen LogP) is 1.39. The molecule has 0 radical (unpaired) electrons. The molecule has 2 aromatic rings. The van der Waals surface area contributed by atoms with Crippen molar-refractivity contribution in [2.75, 3.05) is 11.5 Å². The van der Waals surface area contributed by atoms with Crippen LogP contribution in [-0.2, 0) is 4.79 Å². The molecule has 0 saturated carbocycles. The molecule has 1 atom stereocenters. The summed E-state index contributed by atoms with van der Waals surface area (Å²) in [6.07, 6.45) is 1.54. The van der Waals surface area contributed by atoms with Gasteiger partial charge >= 0.3 is 0 Å². The van der Waals surface area contributed by atoms with Crippen LogP contribution >= 0.6 is 11.8 Å². The lowest BCUT2D eigenvalue weighted by Gasteiger charge is -2.10. The van der Waals surface area contributed by atoms with Crippen molar-refractivity contribution in [3.63, 3.8) is 0 Å². The average molecular weight is 328 g/mol. The number of carbonyl (C=O) groups excluding carboxylic acids is 1. The van der Waals surface area contributed by atoms with Gasteiger partial charge in [-0.15, -0.1) is 0 Å². The molecule has 0 unspecified atom stereocenters. The van der Waals surface area contributed by atoms with E-state index in [-0.39, 0.29) is 34.6 Å². The molecule has 116 valence electrons. The summed E-state index contributed by atoms with van der Waals surface area (Å²) in [6, 6.07) is 8.56. The van der Waals surface area contributed by atoms with E-state index in [1.165, 1.54) is 6.07 Å². The molecule has 2 aromatic heterocycles. The van der Waals surface area contributed by atoms with Crippen molar-refractivity contribution in [2.45, 2.75) is 18.0 Å². The Kier molecular flexibility index (Phi) is 5.23. The van der Waals surface area contributed by atoms with Crippen LogP contribution in [0.2, 0.25) is 0 Å². The lowest BCUT2D eigenvalue weighted by atomic mass is 10.2. The highest BCUT2D eigenvalue weighted by molar-refractivity contribution is 7.99. The van der Waals surface area contributed by atoms with Crippen LogP contribution in [0.4, 0.5) is 5.82 Å². The maximum atomic E-state index is 12.0. The zero-order valence-corrected chi connectivity index (χ0v) is 13.1.